The summed E-state index contributed by atoms with van der Waals surface area (Å²) in [6.45, 7) is 0. The Morgan fingerprint density at radius 1 is 0.326 bits per heavy atom. The van der Waals surface area contributed by atoms with Gasteiger partial charge in [0.15, 0.2) is 11.6 Å². The SMILES string of the molecule is c1ccc(-c2ccc3nc(-c4cc(-c5ccc(-c6ccncc6)cc5)cc(-c5ncccn5)c4)nc(-c4ccccc4)c3c2)cc1. The highest BCUT2D eigenvalue weighted by atomic mass is 14.9. The quantitative estimate of drug-likeness (QED) is 0.193. The standard InChI is InChI=1S/C41H27N5/c1-3-8-28(9-4-1)33-16-17-38-37(27-33)39(32-10-5-2-6-11-32)46-41(45-38)36-25-34(24-35(26-36)40-43-20-7-21-44-40)30-14-12-29(13-15-30)31-18-22-42-23-19-31/h1-27H. The summed E-state index contributed by atoms with van der Waals surface area (Å²) >= 11 is 0. The number of pyridine rings is 1. The lowest BCUT2D eigenvalue weighted by molar-refractivity contribution is 1.17. The molecule has 0 saturated carbocycles. The first kappa shape index (κ1) is 27.2. The maximum absolute atomic E-state index is 5.24. The fourth-order valence-corrected chi connectivity index (χ4v) is 5.78. The fraction of sp³-hybridized carbons (Fsp3) is 0. The monoisotopic (exact) mass is 589 g/mol. The zero-order valence-electron chi connectivity index (χ0n) is 24.8. The molecule has 46 heavy (non-hydrogen) atoms. The number of hydrogen-bond donors (Lipinski definition) is 0. The van der Waals surface area contributed by atoms with Crippen LogP contribution >= 0.6 is 0 Å². The molecule has 0 aliphatic rings. The molecule has 5 heteroatoms. The topological polar surface area (TPSA) is 64.5 Å². The second-order valence-electron chi connectivity index (χ2n) is 11.0. The van der Waals surface area contributed by atoms with E-state index in [1.165, 1.54) is 0 Å². The lowest BCUT2D eigenvalue weighted by Crippen LogP contribution is -1.97. The van der Waals surface area contributed by atoms with Gasteiger partial charge < -0.3 is 0 Å². The van der Waals surface area contributed by atoms with E-state index in [0.717, 1.165) is 66.7 Å². The van der Waals surface area contributed by atoms with Crippen molar-refractivity contribution in [3.8, 4) is 67.4 Å². The normalized spacial score (nSPS) is 11.0. The van der Waals surface area contributed by atoms with Crippen molar-refractivity contribution in [2.75, 3.05) is 0 Å². The Morgan fingerprint density at radius 3 is 1.57 bits per heavy atom. The zero-order chi connectivity index (χ0) is 30.7. The van der Waals surface area contributed by atoms with E-state index in [-0.39, 0.29) is 0 Å². The molecule has 5 nitrogen and oxygen atoms in total. The van der Waals surface area contributed by atoms with E-state index in [1.807, 2.05) is 54.9 Å². The molecule has 0 aliphatic carbocycles. The highest BCUT2D eigenvalue weighted by Gasteiger charge is 2.16. The van der Waals surface area contributed by atoms with Gasteiger partial charge in [0, 0.05) is 46.9 Å². The Morgan fingerprint density at radius 2 is 0.870 bits per heavy atom. The molecule has 0 bridgehead atoms. The van der Waals surface area contributed by atoms with E-state index in [4.69, 9.17) is 9.97 Å². The van der Waals surface area contributed by atoms with Crippen molar-refractivity contribution in [1.29, 1.82) is 0 Å². The molecule has 0 saturated heterocycles. The Balaban J connectivity index is 1.30. The number of aromatic nitrogens is 5. The van der Waals surface area contributed by atoms with Crippen LogP contribution in [0.4, 0.5) is 0 Å². The Kier molecular flexibility index (Phi) is 7.09. The summed E-state index contributed by atoms with van der Waals surface area (Å²) in [6.07, 6.45) is 7.16. The molecular formula is C41H27N5. The molecular weight excluding hydrogens is 562 g/mol. The summed E-state index contributed by atoms with van der Waals surface area (Å²) in [7, 11) is 0. The van der Waals surface area contributed by atoms with Crippen molar-refractivity contribution in [1.82, 2.24) is 24.9 Å². The van der Waals surface area contributed by atoms with E-state index in [9.17, 15) is 0 Å². The van der Waals surface area contributed by atoms with Crippen LogP contribution in [0.3, 0.4) is 0 Å². The number of benzene rings is 5. The van der Waals surface area contributed by atoms with Crippen molar-refractivity contribution in [3.05, 3.63) is 164 Å². The molecule has 0 N–H and O–H groups in total. The maximum Gasteiger partial charge on any atom is 0.160 e. The summed E-state index contributed by atoms with van der Waals surface area (Å²) in [5, 5.41) is 1.01. The van der Waals surface area contributed by atoms with Crippen molar-refractivity contribution >= 4 is 10.9 Å². The predicted octanol–water partition coefficient (Wildman–Crippen LogP) is 9.82. The summed E-state index contributed by atoms with van der Waals surface area (Å²) in [5.41, 5.74) is 11.3. The number of hydrogen-bond acceptors (Lipinski definition) is 5. The van der Waals surface area contributed by atoms with Gasteiger partial charge in [0.2, 0.25) is 0 Å². The Hall–Kier alpha value is -6.33. The third kappa shape index (κ3) is 5.42. The minimum atomic E-state index is 0.645. The molecule has 8 rings (SSSR count). The molecule has 8 aromatic rings. The average molecular weight is 590 g/mol. The van der Waals surface area contributed by atoms with Gasteiger partial charge in [-0.1, -0.05) is 91.0 Å². The van der Waals surface area contributed by atoms with Crippen LogP contribution in [0.1, 0.15) is 0 Å². The van der Waals surface area contributed by atoms with Crippen molar-refractivity contribution in [3.63, 3.8) is 0 Å². The fourth-order valence-electron chi connectivity index (χ4n) is 5.78. The molecule has 3 heterocycles. The largest absolute Gasteiger partial charge is 0.265 e. The second kappa shape index (κ2) is 12.0. The Labute approximate surface area is 267 Å². The van der Waals surface area contributed by atoms with Gasteiger partial charge in [-0.05, 0) is 81.9 Å². The molecule has 216 valence electrons. The van der Waals surface area contributed by atoms with E-state index >= 15 is 0 Å². The van der Waals surface area contributed by atoms with Gasteiger partial charge >= 0.3 is 0 Å². The summed E-state index contributed by atoms with van der Waals surface area (Å²) in [4.78, 5) is 23.7. The number of rotatable bonds is 6. The first-order chi connectivity index (χ1) is 22.8. The van der Waals surface area contributed by atoms with Gasteiger partial charge in [0.25, 0.3) is 0 Å². The summed E-state index contributed by atoms with van der Waals surface area (Å²) < 4.78 is 0. The predicted molar refractivity (Wildman–Crippen MR) is 186 cm³/mol. The zero-order valence-corrected chi connectivity index (χ0v) is 24.8. The van der Waals surface area contributed by atoms with Crippen LogP contribution in [0.5, 0.6) is 0 Å². The molecule has 0 radical (unpaired) electrons. The van der Waals surface area contributed by atoms with Gasteiger partial charge in [0.05, 0.1) is 11.2 Å². The molecule has 0 unspecified atom stereocenters. The van der Waals surface area contributed by atoms with Crippen LogP contribution in [-0.4, -0.2) is 24.9 Å². The number of fused-ring (bicyclic) bond motifs is 1. The van der Waals surface area contributed by atoms with E-state index in [1.54, 1.807) is 12.4 Å². The van der Waals surface area contributed by atoms with Crippen LogP contribution in [0.2, 0.25) is 0 Å². The lowest BCUT2D eigenvalue weighted by Gasteiger charge is -2.13. The van der Waals surface area contributed by atoms with Gasteiger partial charge in [-0.2, -0.15) is 0 Å². The van der Waals surface area contributed by atoms with Gasteiger partial charge in [-0.3, -0.25) is 4.98 Å². The third-order valence-electron chi connectivity index (χ3n) is 8.10. The maximum atomic E-state index is 5.24. The summed E-state index contributed by atoms with van der Waals surface area (Å²) in [6, 6.07) is 48.0. The van der Waals surface area contributed by atoms with Crippen molar-refractivity contribution in [2.24, 2.45) is 0 Å². The van der Waals surface area contributed by atoms with Crippen LogP contribution in [0, 0.1) is 0 Å². The molecule has 5 aromatic carbocycles. The molecule has 3 aromatic heterocycles. The average Bonchev–Trinajstić information content (AvgIpc) is 3.15. The first-order valence-electron chi connectivity index (χ1n) is 15.1. The van der Waals surface area contributed by atoms with Crippen molar-refractivity contribution < 1.29 is 0 Å². The molecule has 0 spiro atoms. The minimum Gasteiger partial charge on any atom is -0.265 e. The third-order valence-corrected chi connectivity index (χ3v) is 8.10. The molecule has 0 atom stereocenters. The van der Waals surface area contributed by atoms with Crippen LogP contribution in [-0.2, 0) is 0 Å². The number of nitrogens with zero attached hydrogens (tertiary/aromatic N) is 5. The van der Waals surface area contributed by atoms with E-state index in [2.05, 4.69) is 112 Å². The van der Waals surface area contributed by atoms with Crippen LogP contribution < -0.4 is 0 Å². The molecule has 0 fully saturated rings. The van der Waals surface area contributed by atoms with Crippen LogP contribution in [0.15, 0.2) is 164 Å². The van der Waals surface area contributed by atoms with Crippen molar-refractivity contribution in [2.45, 2.75) is 0 Å². The second-order valence-corrected chi connectivity index (χ2v) is 11.0. The van der Waals surface area contributed by atoms with Gasteiger partial charge in [0.1, 0.15) is 0 Å². The lowest BCUT2D eigenvalue weighted by atomic mass is 9.96. The van der Waals surface area contributed by atoms with Crippen LogP contribution in [0.25, 0.3) is 78.3 Å². The molecule has 0 aliphatic heterocycles. The highest BCUT2D eigenvalue weighted by Crippen LogP contribution is 2.35. The Bertz CT molecular complexity index is 2270. The van der Waals surface area contributed by atoms with Gasteiger partial charge in [-0.25, -0.2) is 19.9 Å². The smallest absolute Gasteiger partial charge is 0.160 e. The highest BCUT2D eigenvalue weighted by molar-refractivity contribution is 5.96. The van der Waals surface area contributed by atoms with E-state index in [0.29, 0.717) is 11.6 Å². The minimum absolute atomic E-state index is 0.645. The molecule has 0 amide bonds. The van der Waals surface area contributed by atoms with E-state index < -0.39 is 0 Å². The summed E-state index contributed by atoms with van der Waals surface area (Å²) in [5.74, 6) is 1.29. The first-order valence-corrected chi connectivity index (χ1v) is 15.1. The van der Waals surface area contributed by atoms with Gasteiger partial charge in [-0.15, -0.1) is 0 Å².